The number of benzene rings is 1. The Balaban J connectivity index is 1.47. The van der Waals surface area contributed by atoms with Gasteiger partial charge in [-0.05, 0) is 62.5 Å². The second-order valence-electron chi connectivity index (χ2n) is 14.8. The van der Waals surface area contributed by atoms with Crippen LogP contribution < -0.4 is 0 Å². The number of rotatable bonds is 6. The van der Waals surface area contributed by atoms with E-state index in [1.807, 2.05) is 0 Å². The molecule has 1 aromatic carbocycles. The minimum Gasteiger partial charge on any atom is -0.240 e. The molecule has 1 aromatic rings. The molecule has 2 atom stereocenters. The maximum atomic E-state index is 6.65. The van der Waals surface area contributed by atoms with E-state index in [0.29, 0.717) is 0 Å². The number of hydrogen-bond acceptors (Lipinski definition) is 12. The Morgan fingerprint density at radius 1 is 0.438 bits per heavy atom. The predicted octanol–water partition coefficient (Wildman–Crippen LogP) is 8.16. The second kappa shape index (κ2) is 13.3. The molecule has 0 saturated carbocycles. The Morgan fingerprint density at radius 2 is 0.771 bits per heavy atom. The molecule has 6 fully saturated rings. The van der Waals surface area contributed by atoms with Crippen molar-refractivity contribution in [1.29, 1.82) is 0 Å². The average Bonchev–Trinajstić information content (AvgIpc) is 3.93. The zero-order chi connectivity index (χ0) is 32.4. The van der Waals surface area contributed by atoms with Gasteiger partial charge in [0.15, 0.2) is 0 Å². The highest BCUT2D eigenvalue weighted by Gasteiger charge is 2.55. The predicted molar refractivity (Wildman–Crippen MR) is 202 cm³/mol. The molecule has 0 aliphatic carbocycles. The first kappa shape index (κ1) is 33.6. The zero-order valence-electron chi connectivity index (χ0n) is 29.4. The van der Waals surface area contributed by atoms with E-state index in [0.717, 1.165) is 105 Å². The number of nitrogens with zero attached hydrogens (tertiary/aromatic N) is 12. The molecule has 16 heteroatoms. The standard InChI is InChI=1S/C32H58N12P4/c1-3-37-24-26-43-29-31-14-13-15-32(28-31)30-44-27-25-38(4-2)46(44)35-47(39-16-5-6-17-39,40-18-7-8-19-40)33-45(37,43)34-48(36-46,41-20-9-10-21-41)42-22-11-12-23-42/h13-15,28H,3-12,16-27,29-30H2,1-2H3. The lowest BCUT2D eigenvalue weighted by Gasteiger charge is -2.48. The van der Waals surface area contributed by atoms with E-state index in [9.17, 15) is 0 Å². The maximum absolute atomic E-state index is 6.65. The third kappa shape index (κ3) is 5.30. The van der Waals surface area contributed by atoms with Crippen LogP contribution in [0.5, 0.6) is 0 Å². The van der Waals surface area contributed by atoms with Gasteiger partial charge in [-0.25, -0.2) is 37.4 Å². The first-order valence-corrected chi connectivity index (χ1v) is 25.6. The van der Waals surface area contributed by atoms with Crippen LogP contribution in [0.25, 0.3) is 0 Å². The van der Waals surface area contributed by atoms with Crippen LogP contribution in [0.4, 0.5) is 0 Å². The van der Waals surface area contributed by atoms with Crippen LogP contribution in [0, 0.1) is 0 Å². The topological polar surface area (TPSA) is 75.4 Å². The van der Waals surface area contributed by atoms with E-state index >= 15 is 0 Å². The smallest absolute Gasteiger partial charge is 0.221 e. The molecule has 2 spiro atoms. The Hall–Kier alpha value is -0.180. The van der Waals surface area contributed by atoms with Crippen molar-refractivity contribution in [3.05, 3.63) is 35.4 Å². The fraction of sp³-hybridized carbons (Fsp3) is 0.812. The maximum Gasteiger partial charge on any atom is 0.221 e. The summed E-state index contributed by atoms with van der Waals surface area (Å²) in [5.41, 5.74) is 2.84. The lowest BCUT2D eigenvalue weighted by molar-refractivity contribution is 0.452. The highest BCUT2D eigenvalue weighted by atomic mass is 31.3. The largest absolute Gasteiger partial charge is 0.240 e. The van der Waals surface area contributed by atoms with E-state index in [1.165, 1.54) is 62.5 Å². The molecule has 0 N–H and O–H groups in total. The Morgan fingerprint density at radius 3 is 1.10 bits per heavy atom. The Bertz CT molecular complexity index is 1450. The lowest BCUT2D eigenvalue weighted by atomic mass is 10.1. The normalized spacial score (nSPS) is 35.4. The second-order valence-corrected chi connectivity index (χ2v) is 26.5. The van der Waals surface area contributed by atoms with E-state index < -0.39 is 30.0 Å². The van der Waals surface area contributed by atoms with Crippen LogP contribution in [0.15, 0.2) is 42.3 Å². The quantitative estimate of drug-likeness (QED) is 0.271. The van der Waals surface area contributed by atoms with E-state index in [-0.39, 0.29) is 0 Å². The molecule has 0 amide bonds. The minimum absolute atomic E-state index is 0.909. The zero-order valence-corrected chi connectivity index (χ0v) is 33.0. The van der Waals surface area contributed by atoms with Gasteiger partial charge in [0.25, 0.3) is 0 Å². The van der Waals surface area contributed by atoms with Crippen molar-refractivity contribution >= 4 is 30.0 Å². The van der Waals surface area contributed by atoms with Crippen molar-refractivity contribution in [3.63, 3.8) is 0 Å². The van der Waals surface area contributed by atoms with Crippen LogP contribution in [0.2, 0.25) is 0 Å². The fourth-order valence-corrected chi connectivity index (χ4v) is 31.4. The fourth-order valence-electron chi connectivity index (χ4n) is 9.50. The van der Waals surface area contributed by atoms with E-state index in [1.54, 1.807) is 0 Å². The summed E-state index contributed by atoms with van der Waals surface area (Å²) in [5, 5.41) is 0. The first-order chi connectivity index (χ1) is 23.5. The van der Waals surface area contributed by atoms with Gasteiger partial charge in [0.1, 0.15) is 0 Å². The summed E-state index contributed by atoms with van der Waals surface area (Å²) in [6.45, 7) is 21.5. The molecule has 0 aromatic heterocycles. The molecule has 12 nitrogen and oxygen atoms in total. The van der Waals surface area contributed by atoms with Gasteiger partial charge in [0, 0.05) is 105 Å². The summed E-state index contributed by atoms with van der Waals surface area (Å²) >= 11 is 0. The Labute approximate surface area is 290 Å². The van der Waals surface area contributed by atoms with Gasteiger partial charge in [-0.2, -0.15) is 18.1 Å². The molecule has 2 unspecified atom stereocenters. The summed E-state index contributed by atoms with van der Waals surface area (Å²) in [7, 11) is -10.3. The SMILES string of the molecule is CCN1CCN2Cc3cccc(c3)CN3CCN(CC)P34=NP(N3CCCC3)(N3CCCC3)=NP12=NP(N1CCCC1)(N1CCCC1)=N4. The van der Waals surface area contributed by atoms with Crippen LogP contribution in [-0.2, 0) is 13.1 Å². The molecule has 266 valence electrons. The van der Waals surface area contributed by atoms with Crippen molar-refractivity contribution in [2.24, 2.45) is 18.1 Å². The van der Waals surface area contributed by atoms with Crippen molar-refractivity contribution in [1.82, 2.24) is 37.4 Å². The molecule has 9 heterocycles. The molecule has 9 aliphatic rings. The van der Waals surface area contributed by atoms with Gasteiger partial charge in [0.05, 0.1) is 0 Å². The van der Waals surface area contributed by atoms with Crippen molar-refractivity contribution in [2.75, 3.05) is 91.6 Å². The van der Waals surface area contributed by atoms with Gasteiger partial charge in [-0.3, -0.25) is 0 Å². The third-order valence-corrected chi connectivity index (χ3v) is 29.0. The van der Waals surface area contributed by atoms with Gasteiger partial charge in [-0.1, -0.05) is 38.1 Å². The van der Waals surface area contributed by atoms with Crippen LogP contribution >= 0.6 is 30.0 Å². The van der Waals surface area contributed by atoms with Crippen molar-refractivity contribution < 1.29 is 0 Å². The van der Waals surface area contributed by atoms with Crippen LogP contribution in [0.1, 0.15) is 76.3 Å². The van der Waals surface area contributed by atoms with Crippen molar-refractivity contribution in [3.8, 4) is 0 Å². The molecule has 48 heavy (non-hydrogen) atoms. The monoisotopic (exact) mass is 734 g/mol. The van der Waals surface area contributed by atoms with Crippen LogP contribution in [0.3, 0.4) is 0 Å². The highest BCUT2D eigenvalue weighted by Crippen LogP contribution is 2.86. The third-order valence-electron chi connectivity index (χ3n) is 12.0. The summed E-state index contributed by atoms with van der Waals surface area (Å²) in [6.07, 6.45) is 9.98. The van der Waals surface area contributed by atoms with Gasteiger partial charge >= 0.3 is 0 Å². The minimum atomic E-state index is -2.59. The van der Waals surface area contributed by atoms with E-state index in [2.05, 4.69) is 75.5 Å². The summed E-state index contributed by atoms with van der Waals surface area (Å²) in [4.78, 5) is 0. The molecular formula is C32H58N12P4. The number of fused-ring (bicyclic) bond motifs is 2. The number of hydrogen-bond donors (Lipinski definition) is 0. The molecule has 10 rings (SSSR count). The first-order valence-electron chi connectivity index (χ1n) is 19.2. The van der Waals surface area contributed by atoms with E-state index in [4.69, 9.17) is 18.1 Å². The highest BCUT2D eigenvalue weighted by molar-refractivity contribution is 7.83. The van der Waals surface area contributed by atoms with Gasteiger partial charge < -0.3 is 0 Å². The molecule has 9 aliphatic heterocycles. The lowest BCUT2D eigenvalue weighted by Crippen LogP contribution is -2.33. The summed E-state index contributed by atoms with van der Waals surface area (Å²) in [6, 6.07) is 9.53. The van der Waals surface area contributed by atoms with Crippen LogP contribution in [-0.4, -0.2) is 129 Å². The van der Waals surface area contributed by atoms with Crippen molar-refractivity contribution in [2.45, 2.75) is 78.3 Å². The Kier molecular flexibility index (Phi) is 9.35. The molecule has 6 saturated heterocycles. The van der Waals surface area contributed by atoms with Gasteiger partial charge in [-0.15, -0.1) is 0 Å². The molecular weight excluding hydrogens is 676 g/mol. The average molecular weight is 735 g/mol. The molecule has 0 radical (unpaired) electrons. The van der Waals surface area contributed by atoms with Gasteiger partial charge in [0.2, 0.25) is 30.0 Å². The number of likely N-dealkylation sites (N-methyl/N-ethyl adjacent to an activating group) is 2. The summed E-state index contributed by atoms with van der Waals surface area (Å²) in [5.74, 6) is 0. The molecule has 4 bridgehead atoms. The summed E-state index contributed by atoms with van der Waals surface area (Å²) < 4.78 is 49.0.